The van der Waals surface area contributed by atoms with Gasteiger partial charge in [-0.05, 0) is 24.1 Å². The second-order valence-electron chi connectivity index (χ2n) is 5.94. The Kier molecular flexibility index (Phi) is 4.45. The maximum atomic E-state index is 12.5. The number of hydrogen-bond acceptors (Lipinski definition) is 6. The fourth-order valence-corrected chi connectivity index (χ4v) is 3.48. The lowest BCUT2D eigenvalue weighted by molar-refractivity contribution is -0.117. The molecule has 6 nitrogen and oxygen atoms in total. The molecule has 24 heavy (non-hydrogen) atoms. The summed E-state index contributed by atoms with van der Waals surface area (Å²) < 4.78 is 16.3. The van der Waals surface area contributed by atoms with Crippen LogP contribution in [0.3, 0.4) is 0 Å². The van der Waals surface area contributed by atoms with Gasteiger partial charge in [0.1, 0.15) is 11.7 Å². The molecule has 126 valence electrons. The zero-order valence-corrected chi connectivity index (χ0v) is 13.7. The second-order valence-corrected chi connectivity index (χ2v) is 5.94. The van der Waals surface area contributed by atoms with Gasteiger partial charge < -0.3 is 14.2 Å². The standard InChI is InChI=1S/C18H20N2O4/c1-22-13-7-6-10(8-15(13)23-2)16-11(9-19)18(20)24-14-5-3-4-12(21)17(14)16/h6-8,11,16,18H,3-5,20H2,1-2H3/t11-,16-,18+/m0/s1. The van der Waals surface area contributed by atoms with Gasteiger partial charge in [0.25, 0.3) is 0 Å². The minimum atomic E-state index is -0.752. The highest BCUT2D eigenvalue weighted by atomic mass is 16.5. The van der Waals surface area contributed by atoms with Gasteiger partial charge in [-0.15, -0.1) is 0 Å². The Hall–Kier alpha value is -2.52. The number of nitriles is 1. The lowest BCUT2D eigenvalue weighted by Crippen LogP contribution is -2.42. The molecular formula is C18H20N2O4. The summed E-state index contributed by atoms with van der Waals surface area (Å²) in [5.74, 6) is 0.755. The number of ketones is 1. The van der Waals surface area contributed by atoms with Gasteiger partial charge in [-0.25, -0.2) is 0 Å². The molecule has 0 aromatic heterocycles. The number of Topliss-reactive ketones (excluding diaryl/α,β-unsaturated/α-hetero) is 1. The predicted molar refractivity (Wildman–Crippen MR) is 86.3 cm³/mol. The highest BCUT2D eigenvalue weighted by Crippen LogP contribution is 2.45. The molecule has 1 aromatic rings. The van der Waals surface area contributed by atoms with E-state index >= 15 is 0 Å². The van der Waals surface area contributed by atoms with E-state index in [1.807, 2.05) is 6.07 Å². The summed E-state index contributed by atoms with van der Waals surface area (Å²) >= 11 is 0. The Labute approximate surface area is 140 Å². The van der Waals surface area contributed by atoms with Gasteiger partial charge in [0.05, 0.1) is 20.3 Å². The van der Waals surface area contributed by atoms with Crippen LogP contribution in [0.4, 0.5) is 0 Å². The van der Waals surface area contributed by atoms with Crippen molar-refractivity contribution in [1.82, 2.24) is 0 Å². The van der Waals surface area contributed by atoms with Gasteiger partial charge in [-0.1, -0.05) is 6.07 Å². The SMILES string of the molecule is COc1ccc([C@@H]2C3=C(CCCC3=O)O[C@@H](N)[C@H]2C#N)cc1OC. The molecule has 1 heterocycles. The first kappa shape index (κ1) is 16.3. The normalized spacial score (nSPS) is 26.2. The zero-order chi connectivity index (χ0) is 17.3. The molecule has 0 radical (unpaired) electrons. The quantitative estimate of drug-likeness (QED) is 0.914. The van der Waals surface area contributed by atoms with Crippen molar-refractivity contribution in [1.29, 1.82) is 5.26 Å². The summed E-state index contributed by atoms with van der Waals surface area (Å²) in [6.45, 7) is 0. The Balaban J connectivity index is 2.14. The first-order valence-corrected chi connectivity index (χ1v) is 7.90. The van der Waals surface area contributed by atoms with Gasteiger partial charge in [-0.3, -0.25) is 10.5 Å². The van der Waals surface area contributed by atoms with Crippen LogP contribution in [0, 0.1) is 17.2 Å². The van der Waals surface area contributed by atoms with Crippen LogP contribution in [0.25, 0.3) is 0 Å². The average Bonchev–Trinajstić information content (AvgIpc) is 2.60. The number of benzene rings is 1. The van der Waals surface area contributed by atoms with Crippen molar-refractivity contribution in [3.63, 3.8) is 0 Å². The van der Waals surface area contributed by atoms with Crippen molar-refractivity contribution in [2.45, 2.75) is 31.4 Å². The van der Waals surface area contributed by atoms with Crippen molar-refractivity contribution in [3.8, 4) is 17.6 Å². The third kappa shape index (κ3) is 2.61. The molecule has 0 bridgehead atoms. The summed E-state index contributed by atoms with van der Waals surface area (Å²) in [6.07, 6.45) is 1.15. The van der Waals surface area contributed by atoms with E-state index < -0.39 is 18.1 Å². The number of carbonyl (C=O) groups is 1. The van der Waals surface area contributed by atoms with Crippen LogP contribution in [0.2, 0.25) is 0 Å². The van der Waals surface area contributed by atoms with Crippen molar-refractivity contribution < 1.29 is 19.0 Å². The minimum absolute atomic E-state index is 0.0307. The molecule has 1 aliphatic heterocycles. The summed E-state index contributed by atoms with van der Waals surface area (Å²) in [4.78, 5) is 12.5. The van der Waals surface area contributed by atoms with Crippen molar-refractivity contribution in [3.05, 3.63) is 35.1 Å². The van der Waals surface area contributed by atoms with E-state index in [1.54, 1.807) is 26.4 Å². The molecule has 1 aromatic carbocycles. The van der Waals surface area contributed by atoms with Crippen LogP contribution >= 0.6 is 0 Å². The largest absolute Gasteiger partial charge is 0.493 e. The van der Waals surface area contributed by atoms with E-state index in [2.05, 4.69) is 6.07 Å². The van der Waals surface area contributed by atoms with Crippen molar-refractivity contribution in [2.24, 2.45) is 11.7 Å². The smallest absolute Gasteiger partial charge is 0.164 e. The number of nitrogens with zero attached hydrogens (tertiary/aromatic N) is 1. The molecule has 3 atom stereocenters. The number of nitrogens with two attached hydrogens (primary N) is 1. The van der Waals surface area contributed by atoms with Crippen molar-refractivity contribution in [2.75, 3.05) is 14.2 Å². The molecule has 0 fully saturated rings. The fraction of sp³-hybridized carbons (Fsp3) is 0.444. The highest BCUT2D eigenvalue weighted by Gasteiger charge is 2.43. The maximum absolute atomic E-state index is 12.5. The van der Waals surface area contributed by atoms with Gasteiger partial charge >= 0.3 is 0 Å². The first-order chi connectivity index (χ1) is 11.6. The number of methoxy groups -OCH3 is 2. The van der Waals surface area contributed by atoms with Crippen LogP contribution < -0.4 is 15.2 Å². The lowest BCUT2D eigenvalue weighted by Gasteiger charge is -2.37. The fourth-order valence-electron chi connectivity index (χ4n) is 3.48. The summed E-state index contributed by atoms with van der Waals surface area (Å²) in [5.41, 5.74) is 7.44. The zero-order valence-electron chi connectivity index (χ0n) is 13.7. The molecule has 3 rings (SSSR count). The number of allylic oxidation sites excluding steroid dienone is 2. The average molecular weight is 328 g/mol. The van der Waals surface area contributed by atoms with Gasteiger partial charge in [-0.2, -0.15) is 5.26 Å². The second kappa shape index (κ2) is 6.54. The van der Waals surface area contributed by atoms with E-state index in [-0.39, 0.29) is 5.78 Å². The van der Waals surface area contributed by atoms with Crippen molar-refractivity contribution >= 4 is 5.78 Å². The lowest BCUT2D eigenvalue weighted by atomic mass is 9.73. The van der Waals surface area contributed by atoms with E-state index in [1.165, 1.54) is 0 Å². The molecule has 2 N–H and O–H groups in total. The Morgan fingerprint density at radius 1 is 1.25 bits per heavy atom. The van der Waals surface area contributed by atoms with E-state index in [4.69, 9.17) is 19.9 Å². The summed E-state index contributed by atoms with van der Waals surface area (Å²) in [5, 5.41) is 9.60. The molecule has 0 unspecified atom stereocenters. The van der Waals surface area contributed by atoms with E-state index in [9.17, 15) is 10.1 Å². The van der Waals surface area contributed by atoms with Gasteiger partial charge in [0.2, 0.25) is 0 Å². The number of hydrogen-bond donors (Lipinski definition) is 1. The Morgan fingerprint density at radius 3 is 2.67 bits per heavy atom. The molecule has 6 heteroatoms. The Bertz CT molecular complexity index is 735. The molecule has 0 amide bonds. The summed E-state index contributed by atoms with van der Waals surface area (Å²) in [7, 11) is 3.11. The topological polar surface area (TPSA) is 94.6 Å². The van der Waals surface area contributed by atoms with Crippen LogP contribution in [-0.2, 0) is 9.53 Å². The third-order valence-corrected chi connectivity index (χ3v) is 4.63. The molecule has 0 saturated heterocycles. The van der Waals surface area contributed by atoms with Crippen LogP contribution in [0.5, 0.6) is 11.5 Å². The van der Waals surface area contributed by atoms with Crippen LogP contribution in [0.15, 0.2) is 29.5 Å². The molecule has 2 aliphatic rings. The number of rotatable bonds is 3. The number of carbonyl (C=O) groups excluding carboxylic acids is 1. The summed E-state index contributed by atoms with van der Waals surface area (Å²) in [6, 6.07) is 7.64. The van der Waals surface area contributed by atoms with E-state index in [0.717, 1.165) is 12.0 Å². The molecular weight excluding hydrogens is 308 g/mol. The number of ether oxygens (including phenoxy) is 3. The molecule has 0 saturated carbocycles. The van der Waals surface area contributed by atoms with Gasteiger partial charge in [0, 0.05) is 24.3 Å². The third-order valence-electron chi connectivity index (χ3n) is 4.63. The minimum Gasteiger partial charge on any atom is -0.493 e. The maximum Gasteiger partial charge on any atom is 0.164 e. The monoisotopic (exact) mass is 328 g/mol. The van der Waals surface area contributed by atoms with Crippen LogP contribution in [-0.4, -0.2) is 26.2 Å². The molecule has 0 spiro atoms. The first-order valence-electron chi connectivity index (χ1n) is 7.90. The molecule has 1 aliphatic carbocycles. The van der Waals surface area contributed by atoms with Crippen LogP contribution in [0.1, 0.15) is 30.7 Å². The van der Waals surface area contributed by atoms with Gasteiger partial charge in [0.15, 0.2) is 23.5 Å². The Morgan fingerprint density at radius 2 is 2.00 bits per heavy atom. The predicted octanol–water partition coefficient (Wildman–Crippen LogP) is 2.25. The van der Waals surface area contributed by atoms with E-state index in [0.29, 0.717) is 35.7 Å². The highest BCUT2D eigenvalue weighted by molar-refractivity contribution is 5.98.